The number of rotatable bonds is 6. The molecule has 128 valence electrons. The molecule has 1 N–H and O–H groups in total. The fraction of sp³-hybridized carbons (Fsp3) is 0.556. The highest BCUT2D eigenvalue weighted by molar-refractivity contribution is 5.81. The normalized spacial score (nSPS) is 26.1. The van der Waals surface area contributed by atoms with Crippen LogP contribution in [0.4, 0.5) is 0 Å². The third kappa shape index (κ3) is 3.75. The van der Waals surface area contributed by atoms with Crippen molar-refractivity contribution in [3.05, 3.63) is 35.4 Å². The molecule has 0 aliphatic carbocycles. The minimum atomic E-state index is -0.370. The van der Waals surface area contributed by atoms with E-state index < -0.39 is 0 Å². The van der Waals surface area contributed by atoms with Gasteiger partial charge in [0.15, 0.2) is 0 Å². The summed E-state index contributed by atoms with van der Waals surface area (Å²) in [7, 11) is 1.61. The molecule has 1 aromatic carbocycles. The molecule has 2 fully saturated rings. The average Bonchev–Trinajstić information content (AvgIpc) is 3.17. The highest BCUT2D eigenvalue weighted by Crippen LogP contribution is 2.34. The van der Waals surface area contributed by atoms with Gasteiger partial charge in [0.1, 0.15) is 6.10 Å². The summed E-state index contributed by atoms with van der Waals surface area (Å²) in [5.74, 6) is -0.0483. The number of benzene rings is 1. The van der Waals surface area contributed by atoms with Gasteiger partial charge in [0, 0.05) is 39.2 Å². The Morgan fingerprint density at radius 1 is 1.54 bits per heavy atom. The highest BCUT2D eigenvalue weighted by Gasteiger charge is 2.45. The predicted molar refractivity (Wildman–Crippen MR) is 88.1 cm³/mol. The van der Waals surface area contributed by atoms with Crippen LogP contribution in [-0.4, -0.2) is 55.9 Å². The monoisotopic (exact) mass is 329 g/mol. The van der Waals surface area contributed by atoms with Gasteiger partial charge in [0.25, 0.3) is 0 Å². The number of ether oxygens (including phenoxy) is 2. The fourth-order valence-corrected chi connectivity index (χ4v) is 3.56. The molecule has 6 nitrogen and oxygen atoms in total. The number of carbonyl (C=O) groups excluding carboxylic acids is 1. The predicted octanol–water partition coefficient (Wildman–Crippen LogP) is 1.05. The van der Waals surface area contributed by atoms with Crippen LogP contribution in [0.3, 0.4) is 0 Å². The van der Waals surface area contributed by atoms with Gasteiger partial charge < -0.3 is 14.8 Å². The maximum atomic E-state index is 12.2. The first kappa shape index (κ1) is 16.9. The second-order valence-corrected chi connectivity index (χ2v) is 6.32. The van der Waals surface area contributed by atoms with Gasteiger partial charge in [-0.1, -0.05) is 12.1 Å². The first-order chi connectivity index (χ1) is 11.7. The number of hydrogen-bond acceptors (Lipinski definition) is 5. The second-order valence-electron chi connectivity index (χ2n) is 6.32. The highest BCUT2D eigenvalue weighted by atomic mass is 16.5. The van der Waals surface area contributed by atoms with Crippen molar-refractivity contribution >= 4 is 5.91 Å². The first-order valence-electron chi connectivity index (χ1n) is 8.36. The van der Waals surface area contributed by atoms with E-state index in [-0.39, 0.29) is 24.2 Å². The first-order valence-corrected chi connectivity index (χ1v) is 8.36. The summed E-state index contributed by atoms with van der Waals surface area (Å²) in [4.78, 5) is 14.5. The molecule has 6 heteroatoms. The number of hydrogen-bond donors (Lipinski definition) is 1. The maximum absolute atomic E-state index is 12.2. The van der Waals surface area contributed by atoms with E-state index in [0.29, 0.717) is 18.7 Å². The zero-order valence-corrected chi connectivity index (χ0v) is 13.9. The van der Waals surface area contributed by atoms with Crippen LogP contribution >= 0.6 is 0 Å². The molecule has 24 heavy (non-hydrogen) atoms. The van der Waals surface area contributed by atoms with E-state index in [1.165, 1.54) is 0 Å². The summed E-state index contributed by atoms with van der Waals surface area (Å²) < 4.78 is 10.9. The number of nitriles is 1. The van der Waals surface area contributed by atoms with E-state index in [4.69, 9.17) is 14.7 Å². The zero-order valence-electron chi connectivity index (χ0n) is 13.9. The van der Waals surface area contributed by atoms with Crippen LogP contribution in [0.25, 0.3) is 0 Å². The van der Waals surface area contributed by atoms with Crippen molar-refractivity contribution in [1.29, 1.82) is 5.26 Å². The third-order valence-corrected chi connectivity index (χ3v) is 4.73. The van der Waals surface area contributed by atoms with Gasteiger partial charge >= 0.3 is 0 Å². The van der Waals surface area contributed by atoms with Crippen LogP contribution in [0.2, 0.25) is 0 Å². The van der Waals surface area contributed by atoms with Gasteiger partial charge in [-0.3, -0.25) is 9.69 Å². The van der Waals surface area contributed by atoms with Crippen molar-refractivity contribution in [3.8, 4) is 6.07 Å². The van der Waals surface area contributed by atoms with Crippen molar-refractivity contribution < 1.29 is 14.3 Å². The Kier molecular flexibility index (Phi) is 5.46. The Bertz CT molecular complexity index is 628. The van der Waals surface area contributed by atoms with Gasteiger partial charge in [-0.2, -0.15) is 5.26 Å². The molecule has 3 rings (SSSR count). The minimum Gasteiger partial charge on any atom is -0.383 e. The summed E-state index contributed by atoms with van der Waals surface area (Å²) >= 11 is 0. The quantitative estimate of drug-likeness (QED) is 0.790. The van der Waals surface area contributed by atoms with Crippen molar-refractivity contribution in [2.45, 2.75) is 37.6 Å². The topological polar surface area (TPSA) is 74.6 Å². The van der Waals surface area contributed by atoms with Crippen molar-refractivity contribution in [2.75, 3.05) is 26.8 Å². The molecule has 0 radical (unpaired) electrons. The number of amides is 1. The lowest BCUT2D eigenvalue weighted by Gasteiger charge is -2.22. The molecule has 2 saturated heterocycles. The number of carbonyl (C=O) groups is 1. The maximum Gasteiger partial charge on any atom is 0.249 e. The van der Waals surface area contributed by atoms with Crippen LogP contribution in [0.15, 0.2) is 24.3 Å². The van der Waals surface area contributed by atoms with Crippen LogP contribution in [0, 0.1) is 11.3 Å². The van der Waals surface area contributed by atoms with Crippen LogP contribution in [0.1, 0.15) is 24.0 Å². The summed E-state index contributed by atoms with van der Waals surface area (Å²) in [5, 5.41) is 11.9. The Hall–Kier alpha value is -1.94. The molecule has 1 amide bonds. The molecule has 0 spiro atoms. The molecular weight excluding hydrogens is 306 g/mol. The smallest absolute Gasteiger partial charge is 0.249 e. The Labute approximate surface area is 142 Å². The van der Waals surface area contributed by atoms with E-state index in [1.807, 2.05) is 24.3 Å². The van der Waals surface area contributed by atoms with E-state index in [1.54, 1.807) is 7.11 Å². The molecule has 2 aliphatic rings. The number of methoxy groups -OCH3 is 1. The van der Waals surface area contributed by atoms with Gasteiger partial charge in [-0.15, -0.1) is 0 Å². The zero-order chi connectivity index (χ0) is 16.9. The van der Waals surface area contributed by atoms with Gasteiger partial charge in [0.2, 0.25) is 5.91 Å². The number of nitrogens with one attached hydrogen (secondary N) is 1. The lowest BCUT2D eigenvalue weighted by molar-refractivity contribution is -0.132. The van der Waals surface area contributed by atoms with E-state index in [2.05, 4.69) is 16.3 Å². The van der Waals surface area contributed by atoms with E-state index in [0.717, 1.165) is 31.5 Å². The summed E-state index contributed by atoms with van der Waals surface area (Å²) in [6, 6.07) is 10.2. The summed E-state index contributed by atoms with van der Waals surface area (Å²) in [6.07, 6.45) is 1.43. The molecule has 0 aromatic heterocycles. The van der Waals surface area contributed by atoms with Gasteiger partial charge in [-0.25, -0.2) is 0 Å². The lowest BCUT2D eigenvalue weighted by Crippen LogP contribution is -2.37. The minimum absolute atomic E-state index is 0.0483. The average molecular weight is 329 g/mol. The van der Waals surface area contributed by atoms with E-state index >= 15 is 0 Å². The third-order valence-electron chi connectivity index (χ3n) is 4.73. The van der Waals surface area contributed by atoms with Crippen LogP contribution in [0.5, 0.6) is 0 Å². The number of nitrogens with zero attached hydrogens (tertiary/aromatic N) is 2. The van der Waals surface area contributed by atoms with Crippen LogP contribution < -0.4 is 5.32 Å². The largest absolute Gasteiger partial charge is 0.383 e. The van der Waals surface area contributed by atoms with Crippen LogP contribution in [-0.2, 0) is 20.8 Å². The number of fused-ring (bicyclic) bond motifs is 1. The summed E-state index contributed by atoms with van der Waals surface area (Å²) in [5.41, 5.74) is 1.81. The molecule has 0 unspecified atom stereocenters. The Morgan fingerprint density at radius 3 is 3.21 bits per heavy atom. The van der Waals surface area contributed by atoms with Gasteiger partial charge in [-0.05, 0) is 24.1 Å². The fourth-order valence-electron chi connectivity index (χ4n) is 3.56. The van der Waals surface area contributed by atoms with E-state index in [9.17, 15) is 4.79 Å². The number of likely N-dealkylation sites (tertiary alicyclic amines) is 1. The summed E-state index contributed by atoms with van der Waals surface area (Å²) in [6.45, 7) is 2.77. The molecule has 1 aromatic rings. The van der Waals surface area contributed by atoms with Crippen molar-refractivity contribution in [2.24, 2.45) is 0 Å². The molecule has 3 atom stereocenters. The van der Waals surface area contributed by atoms with Crippen molar-refractivity contribution in [1.82, 2.24) is 10.2 Å². The molecule has 0 bridgehead atoms. The Morgan fingerprint density at radius 2 is 2.42 bits per heavy atom. The lowest BCUT2D eigenvalue weighted by atomic mass is 10.1. The molecule has 2 aliphatic heterocycles. The molecule has 0 saturated carbocycles. The molecular formula is C18H23N3O3. The van der Waals surface area contributed by atoms with Crippen molar-refractivity contribution in [3.63, 3.8) is 0 Å². The SMILES string of the molecule is COCCNC(=O)[C@@H]1C[C@@H]2[C@@H](CCN2Cc2cccc(C#N)c2)O1. The molecule has 2 heterocycles. The van der Waals surface area contributed by atoms with Gasteiger partial charge in [0.05, 0.1) is 24.3 Å². The second kappa shape index (κ2) is 7.75. The Balaban J connectivity index is 1.57. The standard InChI is InChI=1S/C18H23N3O3/c1-23-8-6-20-18(22)17-10-15-16(24-17)5-7-21(15)12-14-4-2-3-13(9-14)11-19/h2-4,9,15-17H,5-8,10,12H2,1H3,(H,20,22)/t15-,16-,17+/m1/s1.